The van der Waals surface area contributed by atoms with E-state index in [2.05, 4.69) is 32.4 Å². The molecule has 0 atom stereocenters. The zero-order valence-corrected chi connectivity index (χ0v) is 20.4. The maximum atomic E-state index is 12.9. The molecule has 1 N–H and O–H groups in total. The fourth-order valence-corrected chi connectivity index (χ4v) is 4.77. The summed E-state index contributed by atoms with van der Waals surface area (Å²) >= 11 is 9.97. The van der Waals surface area contributed by atoms with Gasteiger partial charge in [-0.25, -0.2) is 4.98 Å². The monoisotopic (exact) mass is 534 g/mol. The van der Waals surface area contributed by atoms with Crippen LogP contribution >= 0.6 is 27.5 Å². The summed E-state index contributed by atoms with van der Waals surface area (Å²) in [6, 6.07) is 18.7. The van der Waals surface area contributed by atoms with Crippen molar-refractivity contribution in [2.75, 3.05) is 18.4 Å². The van der Waals surface area contributed by atoms with Crippen molar-refractivity contribution in [3.05, 3.63) is 81.4 Å². The van der Waals surface area contributed by atoms with Crippen LogP contribution in [0.4, 0.5) is 5.82 Å². The van der Waals surface area contributed by atoms with Gasteiger partial charge < -0.3 is 10.2 Å². The zero-order valence-electron chi connectivity index (χ0n) is 18.1. The van der Waals surface area contributed by atoms with Gasteiger partial charge in [-0.3, -0.25) is 4.79 Å². The van der Waals surface area contributed by atoms with Crippen molar-refractivity contribution in [3.8, 4) is 17.3 Å². The number of likely N-dealkylation sites (tertiary alicyclic amines) is 1. The molecule has 2 aromatic carbocycles. The highest BCUT2D eigenvalue weighted by Gasteiger charge is 2.25. The third kappa shape index (κ3) is 4.37. The minimum absolute atomic E-state index is 0.0427. The molecular formula is C25H20BrClN6O. The van der Waals surface area contributed by atoms with Gasteiger partial charge in [-0.2, -0.15) is 14.9 Å². The number of piperidine rings is 1. The molecule has 1 saturated heterocycles. The quantitative estimate of drug-likeness (QED) is 0.378. The Kier molecular flexibility index (Phi) is 6.22. The Bertz CT molecular complexity index is 1420. The van der Waals surface area contributed by atoms with E-state index >= 15 is 0 Å². The van der Waals surface area contributed by atoms with Crippen molar-refractivity contribution >= 4 is 44.9 Å². The number of amides is 1. The van der Waals surface area contributed by atoms with E-state index in [9.17, 15) is 4.79 Å². The summed E-state index contributed by atoms with van der Waals surface area (Å²) in [5.41, 5.74) is 3.34. The molecule has 2 aromatic heterocycles. The first-order valence-corrected chi connectivity index (χ1v) is 12.1. The van der Waals surface area contributed by atoms with Crippen molar-refractivity contribution < 1.29 is 4.79 Å². The van der Waals surface area contributed by atoms with E-state index in [0.717, 1.165) is 34.4 Å². The minimum Gasteiger partial charge on any atom is -0.367 e. The topological polar surface area (TPSA) is 86.3 Å². The van der Waals surface area contributed by atoms with Gasteiger partial charge in [0, 0.05) is 41.3 Å². The predicted molar refractivity (Wildman–Crippen MR) is 135 cm³/mol. The van der Waals surface area contributed by atoms with E-state index < -0.39 is 0 Å². The Balaban J connectivity index is 1.35. The van der Waals surface area contributed by atoms with E-state index in [1.54, 1.807) is 35.0 Å². The molecule has 0 aliphatic carbocycles. The number of hydrogen-bond donors (Lipinski definition) is 1. The summed E-state index contributed by atoms with van der Waals surface area (Å²) in [5, 5.41) is 17.8. The SMILES string of the molecule is N#Cc1cccc(C(=O)N2CCC(Nc3cc(-c4ccccc4Cl)nc4c(Br)cnn34)CC2)c1. The van der Waals surface area contributed by atoms with Crippen LogP contribution in [0.25, 0.3) is 16.9 Å². The average molecular weight is 536 g/mol. The summed E-state index contributed by atoms with van der Waals surface area (Å²) in [6.07, 6.45) is 3.30. The molecule has 0 bridgehead atoms. The maximum Gasteiger partial charge on any atom is 0.253 e. The summed E-state index contributed by atoms with van der Waals surface area (Å²) in [7, 11) is 0. The van der Waals surface area contributed by atoms with Gasteiger partial charge in [-0.1, -0.05) is 35.9 Å². The first-order valence-electron chi connectivity index (χ1n) is 10.9. The Morgan fingerprint density at radius 2 is 1.94 bits per heavy atom. The molecule has 1 aliphatic heterocycles. The normalized spacial score (nSPS) is 14.2. The van der Waals surface area contributed by atoms with Crippen LogP contribution in [0.1, 0.15) is 28.8 Å². The van der Waals surface area contributed by atoms with Gasteiger partial charge in [-0.05, 0) is 53.0 Å². The van der Waals surface area contributed by atoms with Crippen molar-refractivity contribution in [1.29, 1.82) is 5.26 Å². The van der Waals surface area contributed by atoms with Crippen LogP contribution in [0.3, 0.4) is 0 Å². The second-order valence-corrected chi connectivity index (χ2v) is 9.40. The highest BCUT2D eigenvalue weighted by molar-refractivity contribution is 9.10. The number of halogens is 2. The van der Waals surface area contributed by atoms with Crippen molar-refractivity contribution in [2.24, 2.45) is 0 Å². The van der Waals surface area contributed by atoms with Gasteiger partial charge in [-0.15, -0.1) is 0 Å². The number of fused-ring (bicyclic) bond motifs is 1. The number of nitrogens with one attached hydrogen (secondary N) is 1. The number of anilines is 1. The summed E-state index contributed by atoms with van der Waals surface area (Å²) < 4.78 is 2.57. The number of carbonyl (C=O) groups is 1. The molecule has 1 amide bonds. The van der Waals surface area contributed by atoms with Gasteiger partial charge in [0.25, 0.3) is 5.91 Å². The number of hydrogen-bond acceptors (Lipinski definition) is 5. The molecule has 0 spiro atoms. The molecule has 1 fully saturated rings. The van der Waals surface area contributed by atoms with E-state index in [1.165, 1.54) is 0 Å². The van der Waals surface area contributed by atoms with Crippen molar-refractivity contribution in [3.63, 3.8) is 0 Å². The van der Waals surface area contributed by atoms with Crippen molar-refractivity contribution in [2.45, 2.75) is 18.9 Å². The summed E-state index contributed by atoms with van der Waals surface area (Å²) in [4.78, 5) is 19.5. The first kappa shape index (κ1) is 22.4. The molecule has 0 radical (unpaired) electrons. The van der Waals surface area contributed by atoms with Crippen LogP contribution in [0.5, 0.6) is 0 Å². The lowest BCUT2D eigenvalue weighted by Crippen LogP contribution is -2.42. The Morgan fingerprint density at radius 1 is 1.15 bits per heavy atom. The second kappa shape index (κ2) is 9.45. The average Bonchev–Trinajstić information content (AvgIpc) is 3.25. The molecule has 7 nitrogen and oxygen atoms in total. The van der Waals surface area contributed by atoms with Crippen LogP contribution < -0.4 is 5.32 Å². The number of aromatic nitrogens is 3. The van der Waals surface area contributed by atoms with E-state index in [-0.39, 0.29) is 11.9 Å². The van der Waals surface area contributed by atoms with Crippen LogP contribution in [-0.2, 0) is 0 Å². The minimum atomic E-state index is -0.0427. The van der Waals surface area contributed by atoms with Crippen molar-refractivity contribution in [1.82, 2.24) is 19.5 Å². The molecule has 3 heterocycles. The lowest BCUT2D eigenvalue weighted by molar-refractivity contribution is 0.0718. The molecule has 1 aliphatic rings. The lowest BCUT2D eigenvalue weighted by Gasteiger charge is -2.33. The fraction of sp³-hybridized carbons (Fsp3) is 0.200. The third-order valence-electron chi connectivity index (χ3n) is 5.95. The highest BCUT2D eigenvalue weighted by atomic mass is 79.9. The number of nitrogens with zero attached hydrogens (tertiary/aromatic N) is 5. The van der Waals surface area contributed by atoms with Crippen LogP contribution in [0, 0.1) is 11.3 Å². The van der Waals surface area contributed by atoms with Gasteiger partial charge >= 0.3 is 0 Å². The summed E-state index contributed by atoms with van der Waals surface area (Å²) in [6.45, 7) is 1.25. The lowest BCUT2D eigenvalue weighted by atomic mass is 10.0. The molecule has 4 aromatic rings. The highest BCUT2D eigenvalue weighted by Crippen LogP contribution is 2.31. The molecule has 170 valence electrons. The number of carbonyl (C=O) groups excluding carboxylic acids is 1. The van der Waals surface area contributed by atoms with Crippen LogP contribution in [0.2, 0.25) is 5.02 Å². The van der Waals surface area contributed by atoms with Gasteiger partial charge in [0.15, 0.2) is 5.65 Å². The van der Waals surface area contributed by atoms with E-state index in [4.69, 9.17) is 21.8 Å². The molecule has 0 unspecified atom stereocenters. The largest absolute Gasteiger partial charge is 0.367 e. The molecule has 34 heavy (non-hydrogen) atoms. The smallest absolute Gasteiger partial charge is 0.253 e. The number of benzene rings is 2. The standard InChI is InChI=1S/C25H20BrClN6O/c26-20-15-29-33-23(13-22(31-24(20)33)19-6-1-2-7-21(19)27)30-18-8-10-32(11-9-18)25(34)17-5-3-4-16(12-17)14-28/h1-7,12-13,15,18,30H,8-11H2. The number of rotatable bonds is 4. The van der Waals surface area contributed by atoms with Gasteiger partial charge in [0.2, 0.25) is 0 Å². The molecular weight excluding hydrogens is 516 g/mol. The molecule has 9 heteroatoms. The Labute approximate surface area is 210 Å². The van der Waals surface area contributed by atoms with Crippen LogP contribution in [0.15, 0.2) is 65.3 Å². The number of nitriles is 1. The fourth-order valence-electron chi connectivity index (χ4n) is 4.19. The summed E-state index contributed by atoms with van der Waals surface area (Å²) in [5.74, 6) is 0.774. The van der Waals surface area contributed by atoms with E-state index in [1.807, 2.05) is 35.2 Å². The Morgan fingerprint density at radius 3 is 2.71 bits per heavy atom. The predicted octanol–water partition coefficient (Wildman–Crippen LogP) is 5.40. The first-order chi connectivity index (χ1) is 16.5. The van der Waals surface area contributed by atoms with Crippen LogP contribution in [-0.4, -0.2) is 44.5 Å². The second-order valence-electron chi connectivity index (χ2n) is 8.14. The van der Waals surface area contributed by atoms with E-state index in [0.29, 0.717) is 34.9 Å². The zero-order chi connectivity index (χ0) is 23.7. The van der Waals surface area contributed by atoms with Gasteiger partial charge in [0.05, 0.1) is 28.0 Å². The molecule has 5 rings (SSSR count). The third-order valence-corrected chi connectivity index (χ3v) is 6.84. The molecule has 0 saturated carbocycles. The Hall–Kier alpha value is -3.41. The van der Waals surface area contributed by atoms with Gasteiger partial charge in [0.1, 0.15) is 5.82 Å². The maximum absolute atomic E-state index is 12.9.